The number of esters is 1. The molecule has 1 aromatic rings. The van der Waals surface area contributed by atoms with E-state index in [9.17, 15) is 9.59 Å². The summed E-state index contributed by atoms with van der Waals surface area (Å²) in [6, 6.07) is 8.99. The number of methoxy groups -OCH3 is 1. The summed E-state index contributed by atoms with van der Waals surface area (Å²) in [6.45, 7) is 5.40. The van der Waals surface area contributed by atoms with Gasteiger partial charge in [0, 0.05) is 0 Å². The molecule has 0 N–H and O–H groups in total. The molecule has 0 spiro atoms. The largest absolute Gasteiger partial charge is 0.467 e. The smallest absolute Gasteiger partial charge is 0.411 e. The van der Waals surface area contributed by atoms with E-state index < -0.39 is 23.7 Å². The number of benzene rings is 1. The fourth-order valence-electron chi connectivity index (χ4n) is 2.30. The maximum absolute atomic E-state index is 12.1. The van der Waals surface area contributed by atoms with E-state index in [0.717, 1.165) is 5.56 Å². The molecule has 1 aliphatic rings. The minimum Gasteiger partial charge on any atom is -0.467 e. The second kappa shape index (κ2) is 5.76. The molecule has 114 valence electrons. The fourth-order valence-corrected chi connectivity index (χ4v) is 2.30. The first-order valence-electron chi connectivity index (χ1n) is 6.96. The van der Waals surface area contributed by atoms with Crippen molar-refractivity contribution in [3.05, 3.63) is 35.9 Å². The lowest BCUT2D eigenvalue weighted by molar-refractivity contribution is -0.140. The van der Waals surface area contributed by atoms with Gasteiger partial charge >= 0.3 is 12.1 Å². The molecule has 1 amide bonds. The highest BCUT2D eigenvalue weighted by molar-refractivity contribution is 5.88. The number of carbonyl (C=O) groups excluding carboxylic acids is 2. The Morgan fingerprint density at radius 3 is 2.33 bits per heavy atom. The molecule has 1 fully saturated rings. The number of nitrogens with zero attached hydrogens (tertiary/aromatic N) is 1. The lowest BCUT2D eigenvalue weighted by Gasteiger charge is -2.20. The molecule has 1 saturated heterocycles. The maximum Gasteiger partial charge on any atom is 0.411 e. The van der Waals surface area contributed by atoms with Crippen LogP contribution in [0.25, 0.3) is 0 Å². The average Bonchev–Trinajstić information content (AvgIpc) is 3.11. The minimum atomic E-state index is -0.586. The van der Waals surface area contributed by atoms with Crippen molar-refractivity contribution in [2.45, 2.75) is 44.9 Å². The van der Waals surface area contributed by atoms with Crippen LogP contribution in [-0.2, 0) is 20.7 Å². The average molecular weight is 291 g/mol. The molecule has 1 aliphatic heterocycles. The van der Waals surface area contributed by atoms with E-state index in [1.807, 2.05) is 30.3 Å². The van der Waals surface area contributed by atoms with E-state index in [-0.39, 0.29) is 6.04 Å². The van der Waals surface area contributed by atoms with Crippen LogP contribution in [0.15, 0.2) is 30.3 Å². The molecule has 21 heavy (non-hydrogen) atoms. The monoisotopic (exact) mass is 291 g/mol. The van der Waals surface area contributed by atoms with E-state index in [1.54, 1.807) is 20.8 Å². The summed E-state index contributed by atoms with van der Waals surface area (Å²) in [5.74, 6) is -0.401. The van der Waals surface area contributed by atoms with E-state index >= 15 is 0 Å². The number of rotatable bonds is 3. The van der Waals surface area contributed by atoms with Gasteiger partial charge < -0.3 is 9.47 Å². The Balaban J connectivity index is 2.08. The van der Waals surface area contributed by atoms with Gasteiger partial charge in [0.25, 0.3) is 0 Å². The number of hydrogen-bond acceptors (Lipinski definition) is 4. The van der Waals surface area contributed by atoms with Crippen LogP contribution in [0.2, 0.25) is 0 Å². The van der Waals surface area contributed by atoms with Crippen LogP contribution in [0.4, 0.5) is 4.79 Å². The van der Waals surface area contributed by atoms with Gasteiger partial charge in [0.1, 0.15) is 5.60 Å². The summed E-state index contributed by atoms with van der Waals surface area (Å²) in [7, 11) is 1.33. The quantitative estimate of drug-likeness (QED) is 0.634. The third kappa shape index (κ3) is 3.74. The zero-order valence-corrected chi connectivity index (χ0v) is 12.8. The van der Waals surface area contributed by atoms with Crippen molar-refractivity contribution in [2.75, 3.05) is 7.11 Å². The molecule has 1 heterocycles. The molecular formula is C16H21NO4. The van der Waals surface area contributed by atoms with Gasteiger partial charge in [-0.2, -0.15) is 0 Å². The molecule has 1 aromatic carbocycles. The van der Waals surface area contributed by atoms with Gasteiger partial charge in [-0.05, 0) is 32.8 Å². The van der Waals surface area contributed by atoms with E-state index in [2.05, 4.69) is 0 Å². The summed E-state index contributed by atoms with van der Waals surface area (Å²) in [5, 5.41) is 0. The Labute approximate surface area is 124 Å². The molecule has 0 bridgehead atoms. The van der Waals surface area contributed by atoms with Crippen molar-refractivity contribution < 1.29 is 19.1 Å². The Morgan fingerprint density at radius 2 is 1.81 bits per heavy atom. The summed E-state index contributed by atoms with van der Waals surface area (Å²) in [4.78, 5) is 25.4. The van der Waals surface area contributed by atoms with Gasteiger partial charge in [-0.25, -0.2) is 9.59 Å². The lowest BCUT2D eigenvalue weighted by atomic mass is 10.1. The summed E-state index contributed by atoms with van der Waals surface area (Å²) in [6.07, 6.45) is 0.138. The van der Waals surface area contributed by atoms with Crippen molar-refractivity contribution in [1.82, 2.24) is 4.90 Å². The standard InChI is InChI=1S/C16H21NO4/c1-16(2,3)21-15(19)17-12(13(17)14(18)20-4)10-11-8-6-5-7-9-11/h5-9,12-13H,10H2,1-4H3/t12-,13-,17?/m0/s1. The predicted molar refractivity (Wildman–Crippen MR) is 77.8 cm³/mol. The molecule has 0 aromatic heterocycles. The lowest BCUT2D eigenvalue weighted by Crippen LogP contribution is -2.29. The second-order valence-electron chi connectivity index (χ2n) is 6.11. The van der Waals surface area contributed by atoms with Crippen LogP contribution >= 0.6 is 0 Å². The van der Waals surface area contributed by atoms with Gasteiger partial charge in [0.2, 0.25) is 0 Å². The van der Waals surface area contributed by atoms with Gasteiger partial charge in [0.15, 0.2) is 6.04 Å². The second-order valence-corrected chi connectivity index (χ2v) is 6.11. The highest BCUT2D eigenvalue weighted by Crippen LogP contribution is 2.34. The van der Waals surface area contributed by atoms with Crippen LogP contribution in [0.1, 0.15) is 26.3 Å². The van der Waals surface area contributed by atoms with Crippen molar-refractivity contribution >= 4 is 12.1 Å². The van der Waals surface area contributed by atoms with E-state index in [4.69, 9.17) is 9.47 Å². The Hall–Kier alpha value is -2.04. The fraction of sp³-hybridized carbons (Fsp3) is 0.500. The first-order chi connectivity index (χ1) is 9.83. The zero-order valence-electron chi connectivity index (χ0n) is 12.8. The van der Waals surface area contributed by atoms with E-state index in [1.165, 1.54) is 12.0 Å². The predicted octanol–water partition coefficient (Wildman–Crippen LogP) is 2.39. The molecule has 0 aliphatic carbocycles. The zero-order chi connectivity index (χ0) is 15.6. The van der Waals surface area contributed by atoms with Gasteiger partial charge in [-0.3, -0.25) is 4.90 Å². The van der Waals surface area contributed by atoms with Crippen molar-refractivity contribution in [3.63, 3.8) is 0 Å². The van der Waals surface area contributed by atoms with Crippen molar-refractivity contribution in [3.8, 4) is 0 Å². The van der Waals surface area contributed by atoms with Crippen LogP contribution in [-0.4, -0.2) is 41.8 Å². The van der Waals surface area contributed by atoms with Crippen LogP contribution in [0.5, 0.6) is 0 Å². The van der Waals surface area contributed by atoms with E-state index in [0.29, 0.717) is 6.42 Å². The summed E-state index contributed by atoms with van der Waals surface area (Å²) in [5.41, 5.74) is 0.486. The number of hydrogen-bond donors (Lipinski definition) is 0. The molecule has 0 unspecified atom stereocenters. The molecular weight excluding hydrogens is 270 g/mol. The summed E-state index contributed by atoms with van der Waals surface area (Å²) < 4.78 is 10.1. The minimum absolute atomic E-state index is 0.199. The molecule has 0 saturated carbocycles. The van der Waals surface area contributed by atoms with Crippen molar-refractivity contribution in [1.29, 1.82) is 0 Å². The Morgan fingerprint density at radius 1 is 1.19 bits per heavy atom. The van der Waals surface area contributed by atoms with Crippen LogP contribution in [0, 0.1) is 0 Å². The first-order valence-corrected chi connectivity index (χ1v) is 6.96. The highest BCUT2D eigenvalue weighted by atomic mass is 16.6. The number of carbonyl (C=O) groups is 2. The summed E-state index contributed by atoms with van der Waals surface area (Å²) >= 11 is 0. The third-order valence-electron chi connectivity index (χ3n) is 3.27. The normalized spacial score (nSPS) is 20.9. The van der Waals surface area contributed by atoms with Gasteiger partial charge in [-0.1, -0.05) is 30.3 Å². The molecule has 2 atom stereocenters. The van der Waals surface area contributed by atoms with Crippen LogP contribution < -0.4 is 0 Å². The molecule has 0 radical (unpaired) electrons. The molecule has 5 nitrogen and oxygen atoms in total. The SMILES string of the molecule is COC(=O)[C@@H]1[C@H](Cc2ccccc2)N1C(=O)OC(C)(C)C. The highest BCUT2D eigenvalue weighted by Gasteiger charge is 2.57. The Bertz CT molecular complexity index is 521. The maximum atomic E-state index is 12.1. The van der Waals surface area contributed by atoms with Crippen LogP contribution in [0.3, 0.4) is 0 Å². The molecule has 5 heteroatoms. The first kappa shape index (κ1) is 15.4. The Kier molecular flexibility index (Phi) is 4.21. The number of ether oxygens (including phenoxy) is 2. The van der Waals surface area contributed by atoms with Crippen molar-refractivity contribution in [2.24, 2.45) is 0 Å². The molecule has 2 rings (SSSR count). The van der Waals surface area contributed by atoms with Gasteiger partial charge in [0.05, 0.1) is 13.2 Å². The topological polar surface area (TPSA) is 55.6 Å². The number of amides is 1. The third-order valence-corrected chi connectivity index (χ3v) is 3.27. The van der Waals surface area contributed by atoms with Gasteiger partial charge in [-0.15, -0.1) is 0 Å².